The lowest BCUT2D eigenvalue weighted by atomic mass is 10.0. The van der Waals surface area contributed by atoms with Gasteiger partial charge in [-0.2, -0.15) is 5.26 Å². The van der Waals surface area contributed by atoms with Gasteiger partial charge in [0, 0.05) is 52.2 Å². The third kappa shape index (κ3) is 6.36. The highest BCUT2D eigenvalue weighted by Gasteiger charge is 2.15. The van der Waals surface area contributed by atoms with Crippen molar-refractivity contribution in [3.8, 4) is 17.3 Å². The number of nitrogens with zero attached hydrogens (tertiary/aromatic N) is 4. The van der Waals surface area contributed by atoms with Crippen LogP contribution >= 0.6 is 0 Å². The van der Waals surface area contributed by atoms with Crippen LogP contribution < -0.4 is 16.4 Å². The molecule has 0 saturated carbocycles. The van der Waals surface area contributed by atoms with E-state index in [1.165, 1.54) is 6.20 Å². The zero-order valence-corrected chi connectivity index (χ0v) is 23.7. The summed E-state index contributed by atoms with van der Waals surface area (Å²) in [5.41, 5.74) is 12.7. The lowest BCUT2D eigenvalue weighted by Gasteiger charge is -2.13. The summed E-state index contributed by atoms with van der Waals surface area (Å²) in [5.74, 6) is 0.108. The van der Waals surface area contributed by atoms with Gasteiger partial charge in [0.25, 0.3) is 5.91 Å². The van der Waals surface area contributed by atoms with Crippen LogP contribution in [0.5, 0.6) is 0 Å². The minimum absolute atomic E-state index is 0.227. The monoisotopic (exact) mass is 556 g/mol. The van der Waals surface area contributed by atoms with Gasteiger partial charge in [-0.1, -0.05) is 48.6 Å². The molecule has 1 unspecified atom stereocenters. The van der Waals surface area contributed by atoms with Crippen LogP contribution in [-0.2, 0) is 0 Å². The number of fused-ring (bicyclic) bond motifs is 1. The third-order valence-corrected chi connectivity index (χ3v) is 6.87. The van der Waals surface area contributed by atoms with Crippen molar-refractivity contribution in [1.29, 1.82) is 5.26 Å². The quantitative estimate of drug-likeness (QED) is 0.166. The van der Waals surface area contributed by atoms with Crippen molar-refractivity contribution in [2.45, 2.75) is 13.0 Å². The van der Waals surface area contributed by atoms with Crippen molar-refractivity contribution in [2.75, 3.05) is 31.3 Å². The van der Waals surface area contributed by atoms with E-state index in [1.54, 1.807) is 12.1 Å². The molecule has 1 amide bonds. The molecule has 5 N–H and O–H groups in total. The fraction of sp³-hybridized carbons (Fsp3) is 0.152. The number of amides is 1. The van der Waals surface area contributed by atoms with Gasteiger partial charge in [0.2, 0.25) is 5.95 Å². The molecule has 0 radical (unpaired) electrons. The molecule has 210 valence electrons. The minimum Gasteiger partial charge on any atom is -0.360 e. The molecule has 0 aliphatic rings. The number of hydrogen-bond donors (Lipinski definition) is 4. The molecule has 2 aromatic heterocycles. The van der Waals surface area contributed by atoms with Crippen molar-refractivity contribution in [3.63, 3.8) is 0 Å². The zero-order valence-electron chi connectivity index (χ0n) is 23.7. The van der Waals surface area contributed by atoms with Gasteiger partial charge < -0.3 is 26.3 Å². The second kappa shape index (κ2) is 12.5. The Balaban J connectivity index is 1.32. The number of H-pyrrole nitrogens is 1. The normalized spacial score (nSPS) is 12.0. The van der Waals surface area contributed by atoms with E-state index >= 15 is 0 Å². The van der Waals surface area contributed by atoms with E-state index in [-0.39, 0.29) is 11.9 Å². The Morgan fingerprint density at radius 3 is 2.69 bits per heavy atom. The number of carbonyl (C=O) groups is 1. The van der Waals surface area contributed by atoms with E-state index in [0.29, 0.717) is 34.1 Å². The average molecular weight is 557 g/mol. The number of likely N-dealkylation sites (N-methyl/N-ethyl adjacent to an activating group) is 1. The van der Waals surface area contributed by atoms with Gasteiger partial charge in [-0.25, -0.2) is 9.97 Å². The summed E-state index contributed by atoms with van der Waals surface area (Å²) in [6.45, 7) is 2.74. The predicted molar refractivity (Wildman–Crippen MR) is 168 cm³/mol. The standard InChI is InChI=1S/C33H32N8O/c1-21-10-15-25(17-30(21)39-32(42)23-13-11-22(12-14-23)28(35)8-6-16-41(2)3)38-33-37-19-24(18-34)31(40-33)27-20-36-29-9-5-4-7-26(27)29/h4-15,17,19-20,28,36H,16,35H2,1-3H3,(H,39,42)(H,37,38,40)/b8-6+. The molecular weight excluding hydrogens is 524 g/mol. The average Bonchev–Trinajstić information content (AvgIpc) is 3.43. The summed E-state index contributed by atoms with van der Waals surface area (Å²) in [5, 5.41) is 16.9. The van der Waals surface area contributed by atoms with Crippen molar-refractivity contribution < 1.29 is 4.79 Å². The number of aromatic nitrogens is 3. The Morgan fingerprint density at radius 2 is 1.93 bits per heavy atom. The SMILES string of the molecule is Cc1ccc(Nc2ncc(C#N)c(-c3c[nH]c4ccccc34)n2)cc1NC(=O)c1ccc(C(N)/C=C/CN(C)C)cc1. The molecule has 5 aromatic rings. The summed E-state index contributed by atoms with van der Waals surface area (Å²) in [6.07, 6.45) is 7.34. The zero-order chi connectivity index (χ0) is 29.6. The van der Waals surface area contributed by atoms with Gasteiger partial charge in [-0.3, -0.25) is 4.79 Å². The first kappa shape index (κ1) is 28.2. The number of aryl methyl sites for hydroxylation is 1. The smallest absolute Gasteiger partial charge is 0.255 e. The first-order chi connectivity index (χ1) is 20.3. The highest BCUT2D eigenvalue weighted by Crippen LogP contribution is 2.31. The molecule has 1 atom stereocenters. The van der Waals surface area contributed by atoms with Gasteiger partial charge in [-0.15, -0.1) is 0 Å². The van der Waals surface area contributed by atoms with E-state index in [0.717, 1.165) is 34.1 Å². The Bertz CT molecular complexity index is 1800. The number of nitrogens with two attached hydrogens (primary N) is 1. The molecule has 0 spiro atoms. The molecule has 42 heavy (non-hydrogen) atoms. The maximum Gasteiger partial charge on any atom is 0.255 e. The fourth-order valence-corrected chi connectivity index (χ4v) is 4.54. The highest BCUT2D eigenvalue weighted by atomic mass is 16.1. The number of benzene rings is 3. The Morgan fingerprint density at radius 1 is 1.14 bits per heavy atom. The molecule has 9 nitrogen and oxygen atoms in total. The number of nitrogens with one attached hydrogen (secondary N) is 3. The fourth-order valence-electron chi connectivity index (χ4n) is 4.54. The first-order valence-electron chi connectivity index (χ1n) is 13.5. The van der Waals surface area contributed by atoms with Crippen LogP contribution in [0.1, 0.15) is 33.1 Å². The van der Waals surface area contributed by atoms with Gasteiger partial charge in [0.1, 0.15) is 6.07 Å². The van der Waals surface area contributed by atoms with Crippen LogP contribution in [0.4, 0.5) is 17.3 Å². The summed E-state index contributed by atoms with van der Waals surface area (Å²) < 4.78 is 0. The summed E-state index contributed by atoms with van der Waals surface area (Å²) >= 11 is 0. The van der Waals surface area contributed by atoms with Crippen LogP contribution in [0.2, 0.25) is 0 Å². The van der Waals surface area contributed by atoms with E-state index < -0.39 is 0 Å². The molecule has 5 rings (SSSR count). The number of carbonyl (C=O) groups excluding carboxylic acids is 1. The van der Waals surface area contributed by atoms with E-state index in [2.05, 4.69) is 36.6 Å². The molecule has 0 aliphatic heterocycles. The number of rotatable bonds is 9. The lowest BCUT2D eigenvalue weighted by Crippen LogP contribution is -2.14. The van der Waals surface area contributed by atoms with Crippen LogP contribution in [0.25, 0.3) is 22.2 Å². The van der Waals surface area contributed by atoms with E-state index in [4.69, 9.17) is 5.73 Å². The van der Waals surface area contributed by atoms with Crippen LogP contribution in [0.3, 0.4) is 0 Å². The van der Waals surface area contributed by atoms with Crippen molar-refractivity contribution in [2.24, 2.45) is 5.73 Å². The molecule has 0 bridgehead atoms. The Hall–Kier alpha value is -5.30. The van der Waals surface area contributed by atoms with E-state index in [1.807, 2.05) is 94.0 Å². The number of para-hydroxylation sites is 1. The molecule has 0 aliphatic carbocycles. The largest absolute Gasteiger partial charge is 0.360 e. The third-order valence-electron chi connectivity index (χ3n) is 6.87. The van der Waals surface area contributed by atoms with Gasteiger partial charge in [0.15, 0.2) is 0 Å². The second-order valence-electron chi connectivity index (χ2n) is 10.3. The lowest BCUT2D eigenvalue weighted by molar-refractivity contribution is 0.102. The Labute approximate surface area is 244 Å². The van der Waals surface area contributed by atoms with Crippen LogP contribution in [0.15, 0.2) is 91.3 Å². The number of nitriles is 1. The number of aromatic amines is 1. The Kier molecular flexibility index (Phi) is 8.39. The summed E-state index contributed by atoms with van der Waals surface area (Å²) in [6, 6.07) is 22.7. The van der Waals surface area contributed by atoms with Crippen molar-refractivity contribution >= 4 is 34.1 Å². The second-order valence-corrected chi connectivity index (χ2v) is 10.3. The molecule has 3 aromatic carbocycles. The molecule has 0 fully saturated rings. The predicted octanol–water partition coefficient (Wildman–Crippen LogP) is 5.92. The topological polar surface area (TPSA) is 136 Å². The highest BCUT2D eigenvalue weighted by molar-refractivity contribution is 6.05. The van der Waals surface area contributed by atoms with E-state index in [9.17, 15) is 10.1 Å². The van der Waals surface area contributed by atoms with Crippen molar-refractivity contribution in [1.82, 2.24) is 19.9 Å². The minimum atomic E-state index is -0.243. The maximum atomic E-state index is 13.1. The summed E-state index contributed by atoms with van der Waals surface area (Å²) in [4.78, 5) is 27.4. The molecule has 2 heterocycles. The molecule has 9 heteroatoms. The summed E-state index contributed by atoms with van der Waals surface area (Å²) in [7, 11) is 4.00. The van der Waals surface area contributed by atoms with Gasteiger partial charge in [-0.05, 0) is 62.5 Å². The number of anilines is 3. The molecule has 0 saturated heterocycles. The van der Waals surface area contributed by atoms with Crippen LogP contribution in [-0.4, -0.2) is 46.4 Å². The molecular formula is C33H32N8O. The maximum absolute atomic E-state index is 13.1. The first-order valence-corrected chi connectivity index (χ1v) is 13.5. The van der Waals surface area contributed by atoms with Gasteiger partial charge >= 0.3 is 0 Å². The number of hydrogen-bond acceptors (Lipinski definition) is 7. The van der Waals surface area contributed by atoms with Crippen molar-refractivity contribution in [3.05, 3.63) is 114 Å². The van der Waals surface area contributed by atoms with Gasteiger partial charge in [0.05, 0.1) is 17.5 Å². The van der Waals surface area contributed by atoms with Crippen LogP contribution in [0, 0.1) is 18.3 Å².